The van der Waals surface area contributed by atoms with E-state index in [9.17, 15) is 8.78 Å². The van der Waals surface area contributed by atoms with E-state index in [2.05, 4.69) is 15.3 Å². The number of nitrogens with zero attached hydrogens (tertiary/aromatic N) is 1. The number of anilines is 1. The van der Waals surface area contributed by atoms with Gasteiger partial charge in [0.1, 0.15) is 17.5 Å². The molecule has 2 rings (SSSR count). The van der Waals surface area contributed by atoms with Gasteiger partial charge in [-0.2, -0.15) is 0 Å². The molecule has 0 unspecified atom stereocenters. The second-order valence-electron chi connectivity index (χ2n) is 3.47. The van der Waals surface area contributed by atoms with Gasteiger partial charge in [0.2, 0.25) is 0 Å². The molecule has 1 aromatic carbocycles. The summed E-state index contributed by atoms with van der Waals surface area (Å²) in [6.07, 6.45) is 3.27. The molecule has 3 nitrogen and oxygen atoms in total. The first-order valence-electron chi connectivity index (χ1n) is 4.84. The Bertz CT molecular complexity index is 480. The molecule has 1 heterocycles. The van der Waals surface area contributed by atoms with Gasteiger partial charge in [0.15, 0.2) is 0 Å². The quantitative estimate of drug-likeness (QED) is 0.839. The monoisotopic (exact) mass is 223 g/mol. The van der Waals surface area contributed by atoms with Crippen molar-refractivity contribution in [3.63, 3.8) is 0 Å². The molecule has 0 fully saturated rings. The van der Waals surface area contributed by atoms with E-state index in [0.29, 0.717) is 17.9 Å². The van der Waals surface area contributed by atoms with Crippen LogP contribution in [0.1, 0.15) is 11.4 Å². The third-order valence-corrected chi connectivity index (χ3v) is 2.25. The highest BCUT2D eigenvalue weighted by molar-refractivity contribution is 5.46. The molecule has 84 valence electrons. The van der Waals surface area contributed by atoms with Crippen LogP contribution < -0.4 is 5.32 Å². The molecule has 2 N–H and O–H groups in total. The maximum atomic E-state index is 13.4. The lowest BCUT2D eigenvalue weighted by Gasteiger charge is -2.07. The molecule has 0 saturated carbocycles. The lowest BCUT2D eigenvalue weighted by Crippen LogP contribution is -2.04. The summed E-state index contributed by atoms with van der Waals surface area (Å²) in [6, 6.07) is 2.31. The van der Waals surface area contributed by atoms with Crippen LogP contribution in [0.3, 0.4) is 0 Å². The highest BCUT2D eigenvalue weighted by atomic mass is 19.1. The first-order valence-corrected chi connectivity index (χ1v) is 4.84. The number of hydrogen-bond acceptors (Lipinski definition) is 2. The zero-order valence-corrected chi connectivity index (χ0v) is 8.72. The second-order valence-corrected chi connectivity index (χ2v) is 3.47. The van der Waals surface area contributed by atoms with Crippen LogP contribution in [-0.2, 0) is 6.54 Å². The summed E-state index contributed by atoms with van der Waals surface area (Å²) >= 11 is 0. The number of rotatable bonds is 3. The van der Waals surface area contributed by atoms with E-state index in [4.69, 9.17) is 0 Å². The molecular formula is C11H11F2N3. The summed E-state index contributed by atoms with van der Waals surface area (Å²) in [4.78, 5) is 6.83. The normalized spacial score (nSPS) is 10.4. The number of halogens is 2. The van der Waals surface area contributed by atoms with E-state index in [1.165, 1.54) is 13.0 Å². The van der Waals surface area contributed by atoms with Crippen molar-refractivity contribution in [2.24, 2.45) is 0 Å². The molecule has 0 radical (unpaired) electrons. The van der Waals surface area contributed by atoms with Crippen LogP contribution in [0.25, 0.3) is 0 Å². The standard InChI is InChI=1S/C11H11F2N3/c1-7-4-9(13)10(5-8(7)12)16-6-11-14-2-3-15-11/h2-5,16H,6H2,1H3,(H,14,15). The predicted octanol–water partition coefficient (Wildman–Crippen LogP) is 2.61. The van der Waals surface area contributed by atoms with E-state index in [1.54, 1.807) is 12.4 Å². The Morgan fingerprint density at radius 2 is 2.12 bits per heavy atom. The van der Waals surface area contributed by atoms with Gasteiger partial charge in [-0.15, -0.1) is 0 Å². The first kappa shape index (κ1) is 10.6. The lowest BCUT2D eigenvalue weighted by atomic mass is 10.2. The topological polar surface area (TPSA) is 40.7 Å². The van der Waals surface area contributed by atoms with Gasteiger partial charge < -0.3 is 10.3 Å². The zero-order valence-electron chi connectivity index (χ0n) is 8.72. The van der Waals surface area contributed by atoms with Crippen LogP contribution in [-0.4, -0.2) is 9.97 Å². The minimum absolute atomic E-state index is 0.138. The zero-order chi connectivity index (χ0) is 11.5. The average molecular weight is 223 g/mol. The Kier molecular flexibility index (Phi) is 2.85. The maximum absolute atomic E-state index is 13.4. The molecule has 5 heteroatoms. The van der Waals surface area contributed by atoms with Crippen molar-refractivity contribution in [3.8, 4) is 0 Å². The van der Waals surface area contributed by atoms with E-state index in [1.807, 2.05) is 0 Å². The molecule has 1 aromatic heterocycles. The highest BCUT2D eigenvalue weighted by Crippen LogP contribution is 2.19. The summed E-state index contributed by atoms with van der Waals surface area (Å²) < 4.78 is 26.6. The van der Waals surface area contributed by atoms with E-state index in [0.717, 1.165) is 6.07 Å². The molecular weight excluding hydrogens is 212 g/mol. The Balaban J connectivity index is 2.12. The number of aromatic amines is 1. The van der Waals surface area contributed by atoms with Gasteiger partial charge in [0.25, 0.3) is 0 Å². The van der Waals surface area contributed by atoms with E-state index in [-0.39, 0.29) is 5.69 Å². The van der Waals surface area contributed by atoms with Crippen molar-refractivity contribution < 1.29 is 8.78 Å². The van der Waals surface area contributed by atoms with Crippen molar-refractivity contribution in [1.82, 2.24) is 9.97 Å². The lowest BCUT2D eigenvalue weighted by molar-refractivity contribution is 0.594. The average Bonchev–Trinajstić information content (AvgIpc) is 2.74. The van der Waals surface area contributed by atoms with Crippen molar-refractivity contribution >= 4 is 5.69 Å². The molecule has 0 aliphatic rings. The van der Waals surface area contributed by atoms with E-state index < -0.39 is 11.6 Å². The minimum Gasteiger partial charge on any atom is -0.375 e. The number of nitrogens with one attached hydrogen (secondary N) is 2. The van der Waals surface area contributed by atoms with Gasteiger partial charge in [-0.3, -0.25) is 0 Å². The number of hydrogen-bond donors (Lipinski definition) is 2. The van der Waals surface area contributed by atoms with Crippen molar-refractivity contribution in [3.05, 3.63) is 47.5 Å². The molecule has 16 heavy (non-hydrogen) atoms. The number of aromatic nitrogens is 2. The Labute approximate surface area is 91.5 Å². The Morgan fingerprint density at radius 1 is 1.31 bits per heavy atom. The molecule has 0 aliphatic carbocycles. The van der Waals surface area contributed by atoms with Gasteiger partial charge in [-0.1, -0.05) is 0 Å². The SMILES string of the molecule is Cc1cc(F)c(NCc2ncc[nH]2)cc1F. The summed E-state index contributed by atoms with van der Waals surface area (Å²) in [6.45, 7) is 1.85. The molecule has 0 aliphatic heterocycles. The fourth-order valence-corrected chi connectivity index (χ4v) is 1.36. The smallest absolute Gasteiger partial charge is 0.146 e. The Hall–Kier alpha value is -1.91. The van der Waals surface area contributed by atoms with Gasteiger partial charge in [0, 0.05) is 18.5 Å². The molecule has 2 aromatic rings. The first-order chi connectivity index (χ1) is 7.66. The van der Waals surface area contributed by atoms with Crippen LogP contribution in [0.2, 0.25) is 0 Å². The minimum atomic E-state index is -0.467. The maximum Gasteiger partial charge on any atom is 0.146 e. The number of H-pyrrole nitrogens is 1. The number of imidazole rings is 1. The second kappa shape index (κ2) is 4.30. The molecule has 0 saturated heterocycles. The van der Waals surface area contributed by atoms with Gasteiger partial charge >= 0.3 is 0 Å². The van der Waals surface area contributed by atoms with Gasteiger partial charge in [0.05, 0.1) is 12.2 Å². The number of benzene rings is 1. The summed E-state index contributed by atoms with van der Waals surface area (Å²) in [7, 11) is 0. The Morgan fingerprint density at radius 3 is 2.81 bits per heavy atom. The third kappa shape index (κ3) is 2.18. The van der Waals surface area contributed by atoms with Crippen molar-refractivity contribution in [1.29, 1.82) is 0 Å². The van der Waals surface area contributed by atoms with Gasteiger partial charge in [-0.05, 0) is 18.6 Å². The highest BCUT2D eigenvalue weighted by Gasteiger charge is 2.07. The molecule has 0 spiro atoms. The largest absolute Gasteiger partial charge is 0.375 e. The van der Waals surface area contributed by atoms with Crippen LogP contribution in [0.5, 0.6) is 0 Å². The fourth-order valence-electron chi connectivity index (χ4n) is 1.36. The van der Waals surface area contributed by atoms with Crippen molar-refractivity contribution in [2.75, 3.05) is 5.32 Å². The van der Waals surface area contributed by atoms with Crippen molar-refractivity contribution in [2.45, 2.75) is 13.5 Å². The fraction of sp³-hybridized carbons (Fsp3) is 0.182. The van der Waals surface area contributed by atoms with Crippen LogP contribution >= 0.6 is 0 Å². The summed E-state index contributed by atoms with van der Waals surface area (Å²) in [5.74, 6) is -0.228. The third-order valence-electron chi connectivity index (χ3n) is 2.25. The number of aryl methyl sites for hydroxylation is 1. The molecule has 0 bridgehead atoms. The molecule has 0 amide bonds. The van der Waals surface area contributed by atoms with Crippen LogP contribution in [0.15, 0.2) is 24.5 Å². The summed E-state index contributed by atoms with van der Waals surface area (Å²) in [5, 5.41) is 2.77. The molecule has 0 atom stereocenters. The van der Waals surface area contributed by atoms with Crippen LogP contribution in [0, 0.1) is 18.6 Å². The summed E-state index contributed by atoms with van der Waals surface area (Å²) in [5.41, 5.74) is 0.431. The van der Waals surface area contributed by atoms with E-state index >= 15 is 0 Å². The predicted molar refractivity (Wildman–Crippen MR) is 57.0 cm³/mol. The van der Waals surface area contributed by atoms with Crippen LogP contribution in [0.4, 0.5) is 14.5 Å². The van der Waals surface area contributed by atoms with Gasteiger partial charge in [-0.25, -0.2) is 13.8 Å².